The predicted molar refractivity (Wildman–Crippen MR) is 53.1 cm³/mol. The molecule has 0 bridgehead atoms. The molecule has 0 spiro atoms. The lowest BCUT2D eigenvalue weighted by Crippen LogP contribution is -2.10. The van der Waals surface area contributed by atoms with E-state index in [0.717, 1.165) is 0 Å². The minimum atomic E-state index is -0.733. The Kier molecular flexibility index (Phi) is 4.40. The summed E-state index contributed by atoms with van der Waals surface area (Å²) in [5, 5.41) is 0. The summed E-state index contributed by atoms with van der Waals surface area (Å²) in [7, 11) is 0. The molecule has 1 aromatic heterocycles. The Morgan fingerprint density at radius 1 is 1.33 bits per heavy atom. The molecule has 0 fully saturated rings. The van der Waals surface area contributed by atoms with E-state index in [2.05, 4.69) is 9.72 Å². The van der Waals surface area contributed by atoms with Gasteiger partial charge in [-0.25, -0.2) is 9.78 Å². The largest absolute Gasteiger partial charge is 0.513 e. The number of pyridine rings is 1. The van der Waals surface area contributed by atoms with Gasteiger partial charge in [-0.1, -0.05) is 0 Å². The molecule has 0 saturated carbocycles. The van der Waals surface area contributed by atoms with Crippen molar-refractivity contribution >= 4 is 6.16 Å². The molecule has 0 aliphatic carbocycles. The van der Waals surface area contributed by atoms with Gasteiger partial charge in [0.2, 0.25) is 5.88 Å². The number of carbonyl (C=O) groups is 1. The third-order valence-electron chi connectivity index (χ3n) is 1.46. The van der Waals surface area contributed by atoms with Gasteiger partial charge in [-0.15, -0.1) is 0 Å². The van der Waals surface area contributed by atoms with Gasteiger partial charge in [0.1, 0.15) is 0 Å². The SMILES string of the molecule is CCOC(=O)Oc1ccc(OCC)nc1. The van der Waals surface area contributed by atoms with Crippen LogP contribution in [0.3, 0.4) is 0 Å². The zero-order valence-corrected chi connectivity index (χ0v) is 8.73. The molecule has 82 valence electrons. The van der Waals surface area contributed by atoms with Crippen molar-refractivity contribution in [2.24, 2.45) is 0 Å². The van der Waals surface area contributed by atoms with Crippen LogP contribution in [0.1, 0.15) is 13.8 Å². The lowest BCUT2D eigenvalue weighted by atomic mass is 10.4. The highest BCUT2D eigenvalue weighted by Crippen LogP contribution is 2.14. The first kappa shape index (κ1) is 11.3. The minimum absolute atomic E-state index is 0.281. The van der Waals surface area contributed by atoms with Crippen molar-refractivity contribution in [3.8, 4) is 11.6 Å². The molecule has 0 saturated heterocycles. The number of hydrogen-bond donors (Lipinski definition) is 0. The first-order valence-corrected chi connectivity index (χ1v) is 4.69. The average molecular weight is 211 g/mol. The van der Waals surface area contributed by atoms with Crippen molar-refractivity contribution in [3.05, 3.63) is 18.3 Å². The fraction of sp³-hybridized carbons (Fsp3) is 0.400. The van der Waals surface area contributed by atoms with Crippen LogP contribution in [-0.2, 0) is 4.74 Å². The fourth-order valence-corrected chi connectivity index (χ4v) is 0.904. The van der Waals surface area contributed by atoms with Crippen molar-refractivity contribution in [1.29, 1.82) is 0 Å². The molecule has 1 aromatic rings. The van der Waals surface area contributed by atoms with Crippen LogP contribution < -0.4 is 9.47 Å². The molecule has 0 aliphatic heterocycles. The summed E-state index contributed by atoms with van der Waals surface area (Å²) in [5.41, 5.74) is 0. The van der Waals surface area contributed by atoms with E-state index in [1.807, 2.05) is 6.92 Å². The number of hydrogen-bond acceptors (Lipinski definition) is 5. The van der Waals surface area contributed by atoms with Gasteiger partial charge in [-0.3, -0.25) is 0 Å². The van der Waals surface area contributed by atoms with Crippen LogP contribution in [0.2, 0.25) is 0 Å². The van der Waals surface area contributed by atoms with Crippen LogP contribution in [0.4, 0.5) is 4.79 Å². The Balaban J connectivity index is 2.52. The number of aromatic nitrogens is 1. The Bertz CT molecular complexity index is 310. The first-order chi connectivity index (χ1) is 7.26. The van der Waals surface area contributed by atoms with E-state index in [0.29, 0.717) is 18.2 Å². The van der Waals surface area contributed by atoms with Crippen molar-refractivity contribution in [3.63, 3.8) is 0 Å². The summed E-state index contributed by atoms with van der Waals surface area (Å²) in [6.07, 6.45) is 0.672. The van der Waals surface area contributed by atoms with Gasteiger partial charge in [0.05, 0.1) is 19.4 Å². The lowest BCUT2D eigenvalue weighted by molar-refractivity contribution is 0.104. The van der Waals surface area contributed by atoms with E-state index >= 15 is 0 Å². The van der Waals surface area contributed by atoms with E-state index in [-0.39, 0.29) is 6.61 Å². The van der Waals surface area contributed by atoms with Gasteiger partial charge in [0.25, 0.3) is 0 Å². The highest BCUT2D eigenvalue weighted by Gasteiger charge is 2.04. The van der Waals surface area contributed by atoms with Crippen LogP contribution in [-0.4, -0.2) is 24.4 Å². The Labute approximate surface area is 88.0 Å². The number of rotatable bonds is 4. The molecule has 15 heavy (non-hydrogen) atoms. The van der Waals surface area contributed by atoms with E-state index in [1.54, 1.807) is 19.1 Å². The Morgan fingerprint density at radius 3 is 2.67 bits per heavy atom. The second-order valence-corrected chi connectivity index (χ2v) is 2.55. The lowest BCUT2D eigenvalue weighted by Gasteiger charge is -2.04. The van der Waals surface area contributed by atoms with Crippen LogP contribution in [0.15, 0.2) is 18.3 Å². The summed E-state index contributed by atoms with van der Waals surface area (Å²) >= 11 is 0. The van der Waals surface area contributed by atoms with Gasteiger partial charge in [-0.05, 0) is 19.9 Å². The second-order valence-electron chi connectivity index (χ2n) is 2.55. The highest BCUT2D eigenvalue weighted by atomic mass is 16.7. The summed E-state index contributed by atoms with van der Waals surface area (Å²) in [6, 6.07) is 3.22. The molecule has 0 radical (unpaired) electrons. The third kappa shape index (κ3) is 3.84. The van der Waals surface area contributed by atoms with Crippen molar-refractivity contribution in [2.75, 3.05) is 13.2 Å². The second kappa shape index (κ2) is 5.85. The van der Waals surface area contributed by atoms with E-state index in [4.69, 9.17) is 9.47 Å². The van der Waals surface area contributed by atoms with Crippen molar-refractivity contribution < 1.29 is 19.0 Å². The Hall–Kier alpha value is -1.78. The molecule has 0 N–H and O–H groups in total. The summed E-state index contributed by atoms with van der Waals surface area (Å²) in [4.78, 5) is 14.8. The molecular formula is C10H13NO4. The number of carbonyl (C=O) groups excluding carboxylic acids is 1. The zero-order chi connectivity index (χ0) is 11.1. The average Bonchev–Trinajstić information content (AvgIpc) is 2.22. The molecule has 0 atom stereocenters. The maximum absolute atomic E-state index is 10.9. The summed E-state index contributed by atoms with van der Waals surface area (Å²) < 4.78 is 14.5. The first-order valence-electron chi connectivity index (χ1n) is 4.69. The van der Waals surface area contributed by atoms with Crippen molar-refractivity contribution in [1.82, 2.24) is 4.98 Å². The van der Waals surface area contributed by atoms with Gasteiger partial charge in [-0.2, -0.15) is 0 Å². The molecule has 1 heterocycles. The predicted octanol–water partition coefficient (Wildman–Crippen LogP) is 2.02. The maximum atomic E-state index is 10.9. The quantitative estimate of drug-likeness (QED) is 0.713. The molecule has 5 nitrogen and oxygen atoms in total. The molecule has 0 aliphatic rings. The zero-order valence-electron chi connectivity index (χ0n) is 8.73. The number of ether oxygens (including phenoxy) is 3. The third-order valence-corrected chi connectivity index (χ3v) is 1.46. The summed E-state index contributed by atoms with van der Waals surface area (Å²) in [6.45, 7) is 4.40. The normalized spacial score (nSPS) is 9.47. The van der Waals surface area contributed by atoms with Crippen LogP contribution in [0.25, 0.3) is 0 Å². The van der Waals surface area contributed by atoms with E-state index in [1.165, 1.54) is 6.20 Å². The van der Waals surface area contributed by atoms with Crippen LogP contribution in [0, 0.1) is 0 Å². The number of nitrogens with zero attached hydrogens (tertiary/aromatic N) is 1. The van der Waals surface area contributed by atoms with Crippen LogP contribution >= 0.6 is 0 Å². The molecule has 0 unspecified atom stereocenters. The molecule has 1 rings (SSSR count). The van der Waals surface area contributed by atoms with E-state index in [9.17, 15) is 4.79 Å². The van der Waals surface area contributed by atoms with Gasteiger partial charge in [0, 0.05) is 6.07 Å². The topological polar surface area (TPSA) is 57.7 Å². The summed E-state index contributed by atoms with van der Waals surface area (Å²) in [5.74, 6) is 0.825. The van der Waals surface area contributed by atoms with E-state index < -0.39 is 6.16 Å². The van der Waals surface area contributed by atoms with Gasteiger partial charge in [0.15, 0.2) is 5.75 Å². The Morgan fingerprint density at radius 2 is 2.13 bits per heavy atom. The van der Waals surface area contributed by atoms with Gasteiger partial charge < -0.3 is 14.2 Å². The molecule has 0 aromatic carbocycles. The highest BCUT2D eigenvalue weighted by molar-refractivity contribution is 5.63. The fourth-order valence-electron chi connectivity index (χ4n) is 0.904. The minimum Gasteiger partial charge on any atom is -0.478 e. The smallest absolute Gasteiger partial charge is 0.478 e. The molecular weight excluding hydrogens is 198 g/mol. The monoisotopic (exact) mass is 211 g/mol. The van der Waals surface area contributed by atoms with Crippen molar-refractivity contribution in [2.45, 2.75) is 13.8 Å². The molecule has 0 amide bonds. The standard InChI is InChI=1S/C10H13NO4/c1-3-13-9-6-5-8(7-11-9)15-10(12)14-4-2/h5-7H,3-4H2,1-2H3. The van der Waals surface area contributed by atoms with Gasteiger partial charge >= 0.3 is 6.16 Å². The van der Waals surface area contributed by atoms with Crippen LogP contribution in [0.5, 0.6) is 11.6 Å². The molecule has 5 heteroatoms. The maximum Gasteiger partial charge on any atom is 0.513 e.